The van der Waals surface area contributed by atoms with E-state index in [-0.39, 0.29) is 32.2 Å². The summed E-state index contributed by atoms with van der Waals surface area (Å²) < 4.78 is 22.9. The number of likely N-dealkylation sites (N-methyl/N-ethyl adjacent to an activating group) is 1. The number of carbonyl (C=O) groups is 3. The molecule has 0 aromatic rings. The number of nitrogens with zero attached hydrogens (tertiary/aromatic N) is 1. The predicted molar refractivity (Wildman–Crippen MR) is 336 cm³/mol. The fourth-order valence-electron chi connectivity index (χ4n) is 9.69. The highest BCUT2D eigenvalue weighted by Gasteiger charge is 2.25. The number of aliphatic carboxylic acids is 1. The Kier molecular flexibility index (Phi) is 58.7. The molecule has 0 aliphatic rings. The maximum absolute atomic E-state index is 12.9. The number of hydrogen-bond donors (Lipinski definition) is 1. The summed E-state index contributed by atoms with van der Waals surface area (Å²) >= 11 is 0. The third-order valence-electron chi connectivity index (χ3n) is 14.8. The van der Waals surface area contributed by atoms with E-state index in [0.29, 0.717) is 23.9 Å². The molecule has 0 fully saturated rings. The number of hydrogen-bond acceptors (Lipinski definition) is 7. The predicted octanol–water partition coefficient (Wildman–Crippen LogP) is 20.4. The van der Waals surface area contributed by atoms with E-state index in [1.54, 1.807) is 0 Å². The zero-order valence-electron chi connectivity index (χ0n) is 52.5. The molecule has 0 aliphatic carbocycles. The average Bonchev–Trinajstić information content (AvgIpc) is 3.42. The van der Waals surface area contributed by atoms with Gasteiger partial charge in [0, 0.05) is 12.8 Å². The van der Waals surface area contributed by atoms with Crippen LogP contribution in [-0.2, 0) is 33.3 Å². The smallest absolute Gasteiger partial charge is 0.361 e. The van der Waals surface area contributed by atoms with E-state index in [9.17, 15) is 19.5 Å². The molecule has 0 radical (unpaired) electrons. The molecular weight excluding hydrogens is 983 g/mol. The molecule has 1 N–H and O–H groups in total. The van der Waals surface area contributed by atoms with Gasteiger partial charge in [-0.1, -0.05) is 299 Å². The molecule has 79 heavy (non-hydrogen) atoms. The Bertz CT molecular complexity index is 1480. The maximum Gasteiger partial charge on any atom is 0.361 e. The highest BCUT2D eigenvalue weighted by Crippen LogP contribution is 2.18. The Hall–Kier alpha value is -3.01. The molecule has 0 rings (SSSR count). The number of carboxylic acids is 1. The summed E-state index contributed by atoms with van der Waals surface area (Å²) in [6, 6.07) is 0. The Balaban J connectivity index is 4.11. The van der Waals surface area contributed by atoms with Gasteiger partial charge in [-0.25, -0.2) is 4.79 Å². The van der Waals surface area contributed by atoms with E-state index in [0.717, 1.165) is 77.0 Å². The molecule has 0 aromatic heterocycles. The van der Waals surface area contributed by atoms with Crippen molar-refractivity contribution >= 4 is 17.9 Å². The summed E-state index contributed by atoms with van der Waals surface area (Å²) in [5.74, 6) is -2.01. The molecule has 0 saturated carbocycles. The Labute approximate surface area is 488 Å². The third kappa shape index (κ3) is 62.4. The van der Waals surface area contributed by atoms with Crippen molar-refractivity contribution in [3.8, 4) is 0 Å². The van der Waals surface area contributed by atoms with Crippen LogP contribution in [0.2, 0.25) is 0 Å². The lowest BCUT2D eigenvalue weighted by atomic mass is 10.0. The summed E-state index contributed by atoms with van der Waals surface area (Å²) in [5.41, 5.74) is 0. The van der Waals surface area contributed by atoms with Crippen LogP contribution in [0.3, 0.4) is 0 Å². The van der Waals surface area contributed by atoms with E-state index < -0.39 is 24.3 Å². The second-order valence-corrected chi connectivity index (χ2v) is 23.8. The molecular formula is C70H128NO8+. The summed E-state index contributed by atoms with van der Waals surface area (Å²) in [7, 11) is 5.97. The van der Waals surface area contributed by atoms with Gasteiger partial charge in [-0.15, -0.1) is 0 Å². The van der Waals surface area contributed by atoms with Crippen LogP contribution in [0, 0.1) is 0 Å². The van der Waals surface area contributed by atoms with Crippen LogP contribution in [0.4, 0.5) is 0 Å². The number of unbranched alkanes of at least 4 members (excludes halogenated alkanes) is 37. The minimum atomic E-state index is -1.52. The minimum absolute atomic E-state index is 0.184. The summed E-state index contributed by atoms with van der Waals surface area (Å²) in [6.07, 6.45) is 76.2. The van der Waals surface area contributed by atoms with E-state index in [2.05, 4.69) is 74.6 Å². The van der Waals surface area contributed by atoms with E-state index in [1.165, 1.54) is 199 Å². The number of allylic oxidation sites excluding steroid dienone is 10. The van der Waals surface area contributed by atoms with Gasteiger partial charge in [0.05, 0.1) is 34.4 Å². The lowest BCUT2D eigenvalue weighted by molar-refractivity contribution is -0.870. The van der Waals surface area contributed by atoms with Gasteiger partial charge in [-0.05, 0) is 57.8 Å². The van der Waals surface area contributed by atoms with E-state index >= 15 is 0 Å². The molecule has 2 unspecified atom stereocenters. The molecule has 0 spiro atoms. The topological polar surface area (TPSA) is 108 Å². The standard InChI is InChI=1S/C70H127NO8/c1-6-8-10-12-14-16-18-20-22-24-26-28-30-31-32-33-34-35-36-37-39-40-42-44-46-48-50-52-54-56-58-60-67(72)77-64-66(65-78-70(69(74)75)76-63-62-71(3,4)5)79-68(73)61-59-57-55-53-51-49-47-45-43-41-38-29-27-25-23-21-19-17-15-13-11-9-7-2/h9,11,15,17,21,23,27,29,41,43,66,70H,6-8,10,12-14,16,18-20,22,24-26,28,30-40,42,44-65H2,1-5H3/p+1/b11-9-,17-15-,23-21-,29-27-,43-41-. The van der Waals surface area contributed by atoms with Crippen LogP contribution in [-0.4, -0.2) is 87.4 Å². The van der Waals surface area contributed by atoms with Crippen molar-refractivity contribution in [2.24, 2.45) is 0 Å². The first kappa shape index (κ1) is 76.0. The Morgan fingerprint density at radius 3 is 1.08 bits per heavy atom. The van der Waals surface area contributed by atoms with Gasteiger partial charge in [0.1, 0.15) is 13.2 Å². The Morgan fingerprint density at radius 1 is 0.392 bits per heavy atom. The van der Waals surface area contributed by atoms with Gasteiger partial charge in [0.25, 0.3) is 6.29 Å². The SMILES string of the molecule is CC/C=C\C/C=C\C/C=C\C/C=C\C/C=C\CCCCCCCCCC(=O)OC(COC(=O)CCCCCCCCCCCCCCCCCCCCCCCCCCCCCCCCC)COC(OCC[N+](C)(C)C)C(=O)O. The van der Waals surface area contributed by atoms with Crippen LogP contribution in [0.15, 0.2) is 60.8 Å². The molecule has 9 heteroatoms. The molecule has 0 heterocycles. The summed E-state index contributed by atoms with van der Waals surface area (Å²) in [6.45, 7) is 4.79. The van der Waals surface area contributed by atoms with Gasteiger partial charge >= 0.3 is 17.9 Å². The van der Waals surface area contributed by atoms with Crippen molar-refractivity contribution in [2.45, 2.75) is 322 Å². The molecule has 0 aromatic carbocycles. The second-order valence-electron chi connectivity index (χ2n) is 23.8. The van der Waals surface area contributed by atoms with E-state index in [1.807, 2.05) is 21.1 Å². The first-order valence-electron chi connectivity index (χ1n) is 33.5. The van der Waals surface area contributed by atoms with Gasteiger partial charge in [-0.2, -0.15) is 0 Å². The molecule has 0 saturated heterocycles. The van der Waals surface area contributed by atoms with Crippen molar-refractivity contribution in [1.82, 2.24) is 0 Å². The molecule has 460 valence electrons. The van der Waals surface area contributed by atoms with Gasteiger partial charge < -0.3 is 28.5 Å². The summed E-state index contributed by atoms with van der Waals surface area (Å²) in [5, 5.41) is 9.73. The van der Waals surface area contributed by atoms with Crippen molar-refractivity contribution in [1.29, 1.82) is 0 Å². The third-order valence-corrected chi connectivity index (χ3v) is 14.8. The molecule has 0 aliphatic heterocycles. The van der Waals surface area contributed by atoms with Gasteiger partial charge in [0.2, 0.25) is 0 Å². The highest BCUT2D eigenvalue weighted by atomic mass is 16.7. The second kappa shape index (κ2) is 61.1. The fraction of sp³-hybridized carbons (Fsp3) is 0.814. The zero-order chi connectivity index (χ0) is 57.6. The monoisotopic (exact) mass is 1110 g/mol. The Morgan fingerprint density at radius 2 is 0.722 bits per heavy atom. The fourth-order valence-corrected chi connectivity index (χ4v) is 9.69. The van der Waals surface area contributed by atoms with Crippen molar-refractivity contribution < 1.29 is 42.9 Å². The number of carboxylic acid groups (broad SMARTS) is 1. The zero-order valence-corrected chi connectivity index (χ0v) is 52.5. The number of quaternary nitrogens is 1. The lowest BCUT2D eigenvalue weighted by Crippen LogP contribution is -2.40. The summed E-state index contributed by atoms with van der Waals surface area (Å²) in [4.78, 5) is 37.6. The quantitative estimate of drug-likeness (QED) is 0.0211. The molecule has 2 atom stereocenters. The van der Waals surface area contributed by atoms with Crippen LogP contribution < -0.4 is 0 Å². The number of carbonyl (C=O) groups excluding carboxylic acids is 2. The average molecular weight is 1110 g/mol. The van der Waals surface area contributed by atoms with Crippen LogP contribution in [0.1, 0.15) is 309 Å². The van der Waals surface area contributed by atoms with E-state index in [4.69, 9.17) is 18.9 Å². The maximum atomic E-state index is 12.9. The van der Waals surface area contributed by atoms with Crippen molar-refractivity contribution in [3.05, 3.63) is 60.8 Å². The lowest BCUT2D eigenvalue weighted by Gasteiger charge is -2.25. The largest absolute Gasteiger partial charge is 0.477 e. The number of rotatable bonds is 62. The van der Waals surface area contributed by atoms with Gasteiger partial charge in [0.15, 0.2) is 6.10 Å². The van der Waals surface area contributed by atoms with Crippen molar-refractivity contribution in [2.75, 3.05) is 47.5 Å². The van der Waals surface area contributed by atoms with Crippen LogP contribution in [0.5, 0.6) is 0 Å². The number of ether oxygens (including phenoxy) is 4. The van der Waals surface area contributed by atoms with Gasteiger partial charge in [-0.3, -0.25) is 9.59 Å². The normalized spacial score (nSPS) is 13.1. The van der Waals surface area contributed by atoms with Crippen LogP contribution in [0.25, 0.3) is 0 Å². The van der Waals surface area contributed by atoms with Crippen LogP contribution >= 0.6 is 0 Å². The molecule has 9 nitrogen and oxygen atoms in total. The molecule has 0 amide bonds. The first-order chi connectivity index (χ1) is 38.6. The minimum Gasteiger partial charge on any atom is -0.477 e. The molecule has 0 bridgehead atoms. The highest BCUT2D eigenvalue weighted by molar-refractivity contribution is 5.71. The number of esters is 2. The van der Waals surface area contributed by atoms with Crippen molar-refractivity contribution in [3.63, 3.8) is 0 Å². The first-order valence-corrected chi connectivity index (χ1v) is 33.5.